The molecule has 0 bridgehead atoms. The summed E-state index contributed by atoms with van der Waals surface area (Å²) in [4.78, 5) is 10.2. The molecule has 0 radical (unpaired) electrons. The number of carbonyl (C=O) groups excluding carboxylic acids is 1. The first-order valence-corrected chi connectivity index (χ1v) is 3.41. The SMILES string of the molecule is O=C[C@H]1OC(O)[C@H](O)[C@@H](O)[C@@H]1O. The molecule has 5 atom stereocenters. The topological polar surface area (TPSA) is 107 Å². The molecule has 0 aromatic carbocycles. The highest BCUT2D eigenvalue weighted by atomic mass is 16.6. The van der Waals surface area contributed by atoms with Gasteiger partial charge in [0.05, 0.1) is 0 Å². The van der Waals surface area contributed by atoms with E-state index in [-0.39, 0.29) is 6.29 Å². The molecule has 0 spiro atoms. The van der Waals surface area contributed by atoms with Crippen LogP contribution in [0.25, 0.3) is 0 Å². The van der Waals surface area contributed by atoms with Crippen molar-refractivity contribution in [2.45, 2.75) is 30.7 Å². The largest absolute Gasteiger partial charge is 0.387 e. The molecule has 1 saturated heterocycles. The fourth-order valence-corrected chi connectivity index (χ4v) is 1.000. The van der Waals surface area contributed by atoms with Crippen LogP contribution in [0.3, 0.4) is 0 Å². The molecule has 4 N–H and O–H groups in total. The maximum atomic E-state index is 10.2. The maximum Gasteiger partial charge on any atom is 0.184 e. The zero-order valence-electron chi connectivity index (χ0n) is 6.07. The first-order valence-electron chi connectivity index (χ1n) is 3.41. The van der Waals surface area contributed by atoms with Crippen molar-refractivity contribution in [1.29, 1.82) is 0 Å². The predicted octanol–water partition coefficient (Wildman–Crippen LogP) is -3.01. The van der Waals surface area contributed by atoms with Crippen molar-refractivity contribution in [3.63, 3.8) is 0 Å². The predicted molar refractivity (Wildman–Crippen MR) is 35.0 cm³/mol. The summed E-state index contributed by atoms with van der Waals surface area (Å²) in [6, 6.07) is 0. The molecule has 0 aromatic rings. The molecule has 6 nitrogen and oxygen atoms in total. The number of aliphatic hydroxyl groups excluding tert-OH is 4. The van der Waals surface area contributed by atoms with Gasteiger partial charge in [0.1, 0.15) is 24.4 Å². The third kappa shape index (κ3) is 1.47. The van der Waals surface area contributed by atoms with Crippen LogP contribution in [0.15, 0.2) is 0 Å². The summed E-state index contributed by atoms with van der Waals surface area (Å²) < 4.78 is 4.46. The van der Waals surface area contributed by atoms with Gasteiger partial charge >= 0.3 is 0 Å². The fourth-order valence-electron chi connectivity index (χ4n) is 1.000. The number of hydrogen-bond donors (Lipinski definition) is 4. The minimum atomic E-state index is -1.64. The van der Waals surface area contributed by atoms with E-state index in [0.29, 0.717) is 0 Å². The van der Waals surface area contributed by atoms with E-state index in [9.17, 15) is 4.79 Å². The van der Waals surface area contributed by atoms with Crippen LogP contribution >= 0.6 is 0 Å². The summed E-state index contributed by atoms with van der Waals surface area (Å²) >= 11 is 0. The van der Waals surface area contributed by atoms with Crippen LogP contribution in [0.1, 0.15) is 0 Å². The molecular formula is C6H10O6. The van der Waals surface area contributed by atoms with Gasteiger partial charge in [0.2, 0.25) is 0 Å². The molecular weight excluding hydrogens is 168 g/mol. The molecule has 1 rings (SSSR count). The van der Waals surface area contributed by atoms with Gasteiger partial charge < -0.3 is 30.0 Å². The first-order chi connectivity index (χ1) is 5.57. The highest BCUT2D eigenvalue weighted by molar-refractivity contribution is 5.57. The van der Waals surface area contributed by atoms with E-state index in [1.165, 1.54) is 0 Å². The van der Waals surface area contributed by atoms with Gasteiger partial charge in [-0.3, -0.25) is 0 Å². The number of aldehydes is 1. The number of rotatable bonds is 1. The Kier molecular flexibility index (Phi) is 2.76. The molecule has 70 valence electrons. The number of carbonyl (C=O) groups is 1. The summed E-state index contributed by atoms with van der Waals surface area (Å²) in [6.07, 6.45) is -7.33. The highest BCUT2D eigenvalue weighted by Gasteiger charge is 2.42. The van der Waals surface area contributed by atoms with E-state index >= 15 is 0 Å². The molecule has 12 heavy (non-hydrogen) atoms. The van der Waals surface area contributed by atoms with E-state index in [1.54, 1.807) is 0 Å². The average Bonchev–Trinajstić information content (AvgIpc) is 2.08. The molecule has 6 heteroatoms. The number of aliphatic hydroxyl groups is 4. The van der Waals surface area contributed by atoms with Crippen LogP contribution in [-0.4, -0.2) is 57.4 Å². The molecule has 0 aromatic heterocycles. The lowest BCUT2D eigenvalue weighted by Crippen LogP contribution is -2.57. The average molecular weight is 178 g/mol. The Labute approximate surface area is 68.0 Å². The molecule has 1 fully saturated rings. The number of ether oxygens (including phenoxy) is 1. The van der Waals surface area contributed by atoms with Crippen molar-refractivity contribution < 1.29 is 30.0 Å². The monoisotopic (exact) mass is 178 g/mol. The Hall–Kier alpha value is -0.530. The van der Waals surface area contributed by atoms with Crippen molar-refractivity contribution in [2.75, 3.05) is 0 Å². The first kappa shape index (κ1) is 9.56. The van der Waals surface area contributed by atoms with Gasteiger partial charge in [0, 0.05) is 0 Å². The Bertz CT molecular complexity index is 171. The zero-order chi connectivity index (χ0) is 9.30. The quantitative estimate of drug-likeness (QED) is 0.318. The van der Waals surface area contributed by atoms with Gasteiger partial charge in [0.25, 0.3) is 0 Å². The van der Waals surface area contributed by atoms with Crippen LogP contribution in [0.2, 0.25) is 0 Å². The normalized spacial score (nSPS) is 48.8. The third-order valence-corrected chi connectivity index (χ3v) is 1.76. The second kappa shape index (κ2) is 3.46. The molecule has 0 aliphatic carbocycles. The second-order valence-corrected chi connectivity index (χ2v) is 2.60. The highest BCUT2D eigenvalue weighted by Crippen LogP contribution is 2.18. The number of hydrogen-bond acceptors (Lipinski definition) is 6. The summed E-state index contributed by atoms with van der Waals surface area (Å²) in [5, 5.41) is 35.9. The lowest BCUT2D eigenvalue weighted by molar-refractivity contribution is -0.272. The summed E-state index contributed by atoms with van der Waals surface area (Å²) in [6.45, 7) is 0. The van der Waals surface area contributed by atoms with Crippen molar-refractivity contribution in [1.82, 2.24) is 0 Å². The third-order valence-electron chi connectivity index (χ3n) is 1.76. The van der Waals surface area contributed by atoms with E-state index in [4.69, 9.17) is 20.4 Å². The minimum absolute atomic E-state index is 0.253. The van der Waals surface area contributed by atoms with Gasteiger partial charge in [0.15, 0.2) is 12.6 Å². The Morgan fingerprint density at radius 1 is 1.00 bits per heavy atom. The Morgan fingerprint density at radius 3 is 2.08 bits per heavy atom. The van der Waals surface area contributed by atoms with Crippen LogP contribution < -0.4 is 0 Å². The van der Waals surface area contributed by atoms with E-state index < -0.39 is 30.7 Å². The van der Waals surface area contributed by atoms with Crippen molar-refractivity contribution >= 4 is 6.29 Å². The molecule has 1 aliphatic rings. The second-order valence-electron chi connectivity index (χ2n) is 2.60. The van der Waals surface area contributed by atoms with Crippen molar-refractivity contribution in [3.05, 3.63) is 0 Å². The lowest BCUT2D eigenvalue weighted by Gasteiger charge is -2.35. The molecule has 0 amide bonds. The van der Waals surface area contributed by atoms with Crippen LogP contribution in [0, 0.1) is 0 Å². The van der Waals surface area contributed by atoms with Gasteiger partial charge in [-0.25, -0.2) is 0 Å². The molecule has 1 aliphatic heterocycles. The summed E-state index contributed by atoms with van der Waals surface area (Å²) in [5.41, 5.74) is 0. The summed E-state index contributed by atoms with van der Waals surface area (Å²) in [5.74, 6) is 0. The molecule has 1 unspecified atom stereocenters. The lowest BCUT2D eigenvalue weighted by atomic mass is 10.00. The fraction of sp³-hybridized carbons (Fsp3) is 0.833. The standard InChI is InChI=1S/C6H10O6/c7-1-2-3(8)4(9)5(10)6(11)12-2/h1-6,8-11H/t2-,3-,4+,5-,6?/m1/s1. The zero-order valence-corrected chi connectivity index (χ0v) is 6.07. The van der Waals surface area contributed by atoms with Crippen LogP contribution in [-0.2, 0) is 9.53 Å². The van der Waals surface area contributed by atoms with Crippen LogP contribution in [0.5, 0.6) is 0 Å². The van der Waals surface area contributed by atoms with E-state index in [0.717, 1.165) is 0 Å². The molecule has 0 saturated carbocycles. The minimum Gasteiger partial charge on any atom is -0.387 e. The smallest absolute Gasteiger partial charge is 0.184 e. The maximum absolute atomic E-state index is 10.2. The van der Waals surface area contributed by atoms with Crippen LogP contribution in [0.4, 0.5) is 0 Å². The molecule has 1 heterocycles. The Balaban J connectivity index is 2.70. The van der Waals surface area contributed by atoms with E-state index in [1.807, 2.05) is 0 Å². The Morgan fingerprint density at radius 2 is 1.58 bits per heavy atom. The van der Waals surface area contributed by atoms with Gasteiger partial charge in [-0.05, 0) is 0 Å². The van der Waals surface area contributed by atoms with Crippen molar-refractivity contribution in [2.24, 2.45) is 0 Å². The van der Waals surface area contributed by atoms with Crippen molar-refractivity contribution in [3.8, 4) is 0 Å². The summed E-state index contributed by atoms with van der Waals surface area (Å²) in [7, 11) is 0. The van der Waals surface area contributed by atoms with Gasteiger partial charge in [-0.15, -0.1) is 0 Å². The van der Waals surface area contributed by atoms with Gasteiger partial charge in [-0.1, -0.05) is 0 Å². The van der Waals surface area contributed by atoms with Gasteiger partial charge in [-0.2, -0.15) is 0 Å². The van der Waals surface area contributed by atoms with E-state index in [2.05, 4.69) is 4.74 Å².